The summed E-state index contributed by atoms with van der Waals surface area (Å²) < 4.78 is 10.7. The average Bonchev–Trinajstić information content (AvgIpc) is 3.05. The van der Waals surface area contributed by atoms with Crippen LogP contribution in [0, 0.1) is 0 Å². The van der Waals surface area contributed by atoms with Crippen LogP contribution < -0.4 is 14.8 Å². The first kappa shape index (κ1) is 16.8. The predicted molar refractivity (Wildman–Crippen MR) is 96.3 cm³/mol. The smallest absolute Gasteiger partial charge is 0.251 e. The Morgan fingerprint density at radius 1 is 1.20 bits per heavy atom. The quantitative estimate of drug-likeness (QED) is 0.694. The van der Waals surface area contributed by atoms with Crippen LogP contribution in [0.4, 0.5) is 0 Å². The molecule has 1 amide bonds. The molecular weight excluding hydrogens is 318 g/mol. The normalized spacial score (nSPS) is 10.6. The summed E-state index contributed by atoms with van der Waals surface area (Å²) in [6, 6.07) is 13.0. The highest BCUT2D eigenvalue weighted by Gasteiger charge is 2.11. The number of carbonyl (C=O) groups excluding carboxylic acids is 1. The molecule has 130 valence electrons. The molecule has 2 N–H and O–H groups in total. The van der Waals surface area contributed by atoms with Gasteiger partial charge in [-0.05, 0) is 37.3 Å². The van der Waals surface area contributed by atoms with Gasteiger partial charge in [-0.1, -0.05) is 12.1 Å². The zero-order valence-corrected chi connectivity index (χ0v) is 14.3. The highest BCUT2D eigenvalue weighted by Crippen LogP contribution is 2.27. The van der Waals surface area contributed by atoms with Crippen LogP contribution in [0.5, 0.6) is 11.5 Å². The van der Waals surface area contributed by atoms with E-state index in [0.29, 0.717) is 36.6 Å². The Balaban J connectivity index is 1.60. The van der Waals surface area contributed by atoms with Crippen molar-refractivity contribution in [2.45, 2.75) is 13.3 Å². The van der Waals surface area contributed by atoms with Crippen molar-refractivity contribution in [1.82, 2.24) is 15.3 Å². The number of aromatic nitrogens is 2. The first-order valence-corrected chi connectivity index (χ1v) is 8.24. The van der Waals surface area contributed by atoms with E-state index < -0.39 is 0 Å². The van der Waals surface area contributed by atoms with Crippen molar-refractivity contribution in [3.8, 4) is 11.5 Å². The Bertz CT molecular complexity index is 840. The van der Waals surface area contributed by atoms with E-state index in [1.54, 1.807) is 25.3 Å². The molecule has 2 aromatic carbocycles. The molecule has 0 saturated heterocycles. The van der Waals surface area contributed by atoms with E-state index in [4.69, 9.17) is 9.47 Å². The number of nitrogens with zero attached hydrogens (tertiary/aromatic N) is 1. The number of fused-ring (bicyclic) bond motifs is 1. The predicted octanol–water partition coefficient (Wildman–Crippen LogP) is 2.94. The molecule has 0 aliphatic rings. The number of imidazole rings is 1. The van der Waals surface area contributed by atoms with Gasteiger partial charge in [-0.3, -0.25) is 4.79 Å². The minimum Gasteiger partial charge on any atom is -0.493 e. The molecule has 0 unspecified atom stereocenters. The lowest BCUT2D eigenvalue weighted by atomic mass is 10.2. The third-order valence-electron chi connectivity index (χ3n) is 3.81. The van der Waals surface area contributed by atoms with E-state index >= 15 is 0 Å². The van der Waals surface area contributed by atoms with Gasteiger partial charge in [0.05, 0.1) is 24.8 Å². The summed E-state index contributed by atoms with van der Waals surface area (Å²) in [5.74, 6) is 1.87. The molecule has 25 heavy (non-hydrogen) atoms. The number of carbonyl (C=O) groups is 1. The van der Waals surface area contributed by atoms with Gasteiger partial charge in [0.1, 0.15) is 5.82 Å². The summed E-state index contributed by atoms with van der Waals surface area (Å²) in [6.45, 7) is 2.94. The zero-order valence-electron chi connectivity index (χ0n) is 14.3. The summed E-state index contributed by atoms with van der Waals surface area (Å²) in [4.78, 5) is 20.1. The minimum atomic E-state index is -0.155. The van der Waals surface area contributed by atoms with Crippen LogP contribution in [0.1, 0.15) is 23.1 Å². The lowest BCUT2D eigenvalue weighted by molar-refractivity contribution is 0.0953. The number of hydrogen-bond donors (Lipinski definition) is 2. The van der Waals surface area contributed by atoms with E-state index in [-0.39, 0.29) is 5.91 Å². The second kappa shape index (κ2) is 7.70. The highest BCUT2D eigenvalue weighted by molar-refractivity contribution is 5.94. The fourth-order valence-electron chi connectivity index (χ4n) is 2.60. The van der Waals surface area contributed by atoms with Gasteiger partial charge in [0.15, 0.2) is 11.5 Å². The first-order valence-electron chi connectivity index (χ1n) is 8.24. The average molecular weight is 339 g/mol. The summed E-state index contributed by atoms with van der Waals surface area (Å²) >= 11 is 0. The number of para-hydroxylation sites is 2. The van der Waals surface area contributed by atoms with Crippen molar-refractivity contribution in [2.24, 2.45) is 0 Å². The van der Waals surface area contributed by atoms with Crippen LogP contribution in [0.3, 0.4) is 0 Å². The molecule has 0 aliphatic carbocycles. The van der Waals surface area contributed by atoms with Crippen LogP contribution >= 0.6 is 0 Å². The molecule has 1 heterocycles. The van der Waals surface area contributed by atoms with Crippen molar-refractivity contribution in [3.63, 3.8) is 0 Å². The summed E-state index contributed by atoms with van der Waals surface area (Å²) in [7, 11) is 1.56. The van der Waals surface area contributed by atoms with Crippen LogP contribution in [-0.4, -0.2) is 36.1 Å². The number of amides is 1. The molecular formula is C19H21N3O3. The van der Waals surface area contributed by atoms with Crippen molar-refractivity contribution < 1.29 is 14.3 Å². The Morgan fingerprint density at radius 2 is 2.04 bits per heavy atom. The molecule has 0 aliphatic heterocycles. The second-order valence-corrected chi connectivity index (χ2v) is 5.51. The van der Waals surface area contributed by atoms with E-state index in [9.17, 15) is 4.79 Å². The second-order valence-electron chi connectivity index (χ2n) is 5.51. The fraction of sp³-hybridized carbons (Fsp3) is 0.263. The Labute approximate surface area is 146 Å². The van der Waals surface area contributed by atoms with Gasteiger partial charge in [0.2, 0.25) is 0 Å². The third-order valence-corrected chi connectivity index (χ3v) is 3.81. The number of ether oxygens (including phenoxy) is 2. The number of rotatable bonds is 7. The van der Waals surface area contributed by atoms with E-state index in [1.165, 1.54) is 0 Å². The van der Waals surface area contributed by atoms with Gasteiger partial charge < -0.3 is 19.8 Å². The van der Waals surface area contributed by atoms with Crippen LogP contribution in [0.2, 0.25) is 0 Å². The summed E-state index contributed by atoms with van der Waals surface area (Å²) in [5, 5.41) is 2.90. The van der Waals surface area contributed by atoms with E-state index in [2.05, 4.69) is 15.3 Å². The van der Waals surface area contributed by atoms with Gasteiger partial charge in [0.25, 0.3) is 5.91 Å². The fourth-order valence-corrected chi connectivity index (χ4v) is 2.60. The number of benzene rings is 2. The molecule has 0 atom stereocenters. The van der Waals surface area contributed by atoms with Gasteiger partial charge in [-0.25, -0.2) is 4.98 Å². The monoisotopic (exact) mass is 339 g/mol. The maximum absolute atomic E-state index is 12.3. The van der Waals surface area contributed by atoms with E-state index in [1.807, 2.05) is 31.2 Å². The maximum atomic E-state index is 12.3. The lowest BCUT2D eigenvalue weighted by Crippen LogP contribution is -2.26. The Hall–Kier alpha value is -3.02. The number of methoxy groups -OCH3 is 1. The van der Waals surface area contributed by atoms with Crippen LogP contribution in [0.15, 0.2) is 42.5 Å². The highest BCUT2D eigenvalue weighted by atomic mass is 16.5. The van der Waals surface area contributed by atoms with Crippen molar-refractivity contribution in [1.29, 1.82) is 0 Å². The van der Waals surface area contributed by atoms with Crippen LogP contribution in [-0.2, 0) is 6.42 Å². The summed E-state index contributed by atoms with van der Waals surface area (Å²) in [5.41, 5.74) is 2.46. The number of hydrogen-bond acceptors (Lipinski definition) is 4. The third kappa shape index (κ3) is 3.91. The molecule has 3 aromatic rings. The van der Waals surface area contributed by atoms with Crippen LogP contribution in [0.25, 0.3) is 11.0 Å². The molecule has 6 nitrogen and oxygen atoms in total. The summed E-state index contributed by atoms with van der Waals surface area (Å²) in [6.07, 6.45) is 0.634. The van der Waals surface area contributed by atoms with Gasteiger partial charge in [0, 0.05) is 18.5 Å². The van der Waals surface area contributed by atoms with Crippen molar-refractivity contribution >= 4 is 16.9 Å². The minimum absolute atomic E-state index is 0.155. The zero-order chi connectivity index (χ0) is 17.6. The molecule has 0 radical (unpaired) electrons. The maximum Gasteiger partial charge on any atom is 0.251 e. The SMILES string of the molecule is CCOc1ccc(C(=O)NCCc2nc3ccccc3[nH]2)cc1OC. The van der Waals surface area contributed by atoms with Crippen molar-refractivity contribution in [2.75, 3.05) is 20.3 Å². The van der Waals surface area contributed by atoms with Gasteiger partial charge in [-0.2, -0.15) is 0 Å². The number of nitrogens with one attached hydrogen (secondary N) is 2. The lowest BCUT2D eigenvalue weighted by Gasteiger charge is -2.11. The van der Waals surface area contributed by atoms with Crippen molar-refractivity contribution in [3.05, 3.63) is 53.9 Å². The molecule has 0 bridgehead atoms. The molecule has 1 aromatic heterocycles. The van der Waals surface area contributed by atoms with E-state index in [0.717, 1.165) is 16.9 Å². The molecule has 6 heteroatoms. The first-order chi connectivity index (χ1) is 12.2. The molecule has 0 fully saturated rings. The topological polar surface area (TPSA) is 76.2 Å². The molecule has 0 spiro atoms. The number of H-pyrrole nitrogens is 1. The molecule has 0 saturated carbocycles. The number of aromatic amines is 1. The standard InChI is InChI=1S/C19H21N3O3/c1-3-25-16-9-8-13(12-17(16)24-2)19(23)20-11-10-18-21-14-6-4-5-7-15(14)22-18/h4-9,12H,3,10-11H2,1-2H3,(H,20,23)(H,21,22). The van der Waals surface area contributed by atoms with Gasteiger partial charge >= 0.3 is 0 Å². The van der Waals surface area contributed by atoms with Gasteiger partial charge in [-0.15, -0.1) is 0 Å². The largest absolute Gasteiger partial charge is 0.493 e. The Kier molecular flexibility index (Phi) is 5.18. The Morgan fingerprint density at radius 3 is 2.80 bits per heavy atom. The molecule has 3 rings (SSSR count).